The fourth-order valence-corrected chi connectivity index (χ4v) is 3.03. The first-order valence-corrected chi connectivity index (χ1v) is 7.53. The van der Waals surface area contributed by atoms with Crippen molar-refractivity contribution in [3.63, 3.8) is 0 Å². The quantitative estimate of drug-likeness (QED) is 0.848. The molecular formula is C16H22F2N2O2. The van der Waals surface area contributed by atoms with Crippen LogP contribution in [0, 0.1) is 18.8 Å². The Morgan fingerprint density at radius 1 is 1.45 bits per heavy atom. The minimum atomic E-state index is -2.88. The SMILES string of the molecule is Cc1ccc(OC(F)F)c(CNC(=O)[C@@H]2CCC[C@@H]2CN)c1. The van der Waals surface area contributed by atoms with Gasteiger partial charge < -0.3 is 15.8 Å². The first-order valence-electron chi connectivity index (χ1n) is 7.53. The largest absolute Gasteiger partial charge is 0.434 e. The molecular weight excluding hydrogens is 290 g/mol. The van der Waals surface area contributed by atoms with Crippen molar-refractivity contribution in [2.75, 3.05) is 6.54 Å². The molecule has 0 heterocycles. The number of ether oxygens (including phenoxy) is 1. The molecule has 0 radical (unpaired) electrons. The molecule has 122 valence electrons. The summed E-state index contributed by atoms with van der Waals surface area (Å²) in [6, 6.07) is 4.94. The van der Waals surface area contributed by atoms with Gasteiger partial charge in [0.25, 0.3) is 0 Å². The molecule has 0 spiro atoms. The lowest BCUT2D eigenvalue weighted by Gasteiger charge is -2.18. The lowest BCUT2D eigenvalue weighted by Crippen LogP contribution is -2.34. The highest BCUT2D eigenvalue weighted by Gasteiger charge is 2.31. The fourth-order valence-electron chi connectivity index (χ4n) is 3.03. The Labute approximate surface area is 129 Å². The van der Waals surface area contributed by atoms with Gasteiger partial charge in [-0.25, -0.2) is 0 Å². The number of amides is 1. The molecule has 0 unspecified atom stereocenters. The second kappa shape index (κ2) is 7.54. The Bertz CT molecular complexity index is 523. The molecule has 1 aromatic carbocycles. The van der Waals surface area contributed by atoms with Crippen molar-refractivity contribution < 1.29 is 18.3 Å². The van der Waals surface area contributed by atoms with Crippen molar-refractivity contribution in [1.82, 2.24) is 5.32 Å². The van der Waals surface area contributed by atoms with E-state index in [9.17, 15) is 13.6 Å². The van der Waals surface area contributed by atoms with Crippen molar-refractivity contribution in [2.45, 2.75) is 39.3 Å². The van der Waals surface area contributed by atoms with Crippen molar-refractivity contribution >= 4 is 5.91 Å². The summed E-state index contributed by atoms with van der Waals surface area (Å²) in [5.41, 5.74) is 7.16. The van der Waals surface area contributed by atoms with Crippen molar-refractivity contribution in [3.8, 4) is 5.75 Å². The average Bonchev–Trinajstić information content (AvgIpc) is 2.95. The molecule has 2 atom stereocenters. The van der Waals surface area contributed by atoms with Gasteiger partial charge in [-0.1, -0.05) is 24.1 Å². The molecule has 1 fully saturated rings. The molecule has 0 aliphatic heterocycles. The van der Waals surface area contributed by atoms with E-state index in [2.05, 4.69) is 10.1 Å². The van der Waals surface area contributed by atoms with Crippen LogP contribution >= 0.6 is 0 Å². The monoisotopic (exact) mass is 312 g/mol. The number of rotatable bonds is 6. The number of nitrogens with two attached hydrogens (primary N) is 1. The Morgan fingerprint density at radius 3 is 2.91 bits per heavy atom. The molecule has 22 heavy (non-hydrogen) atoms. The van der Waals surface area contributed by atoms with Crippen LogP contribution in [0.2, 0.25) is 0 Å². The third-order valence-electron chi connectivity index (χ3n) is 4.18. The van der Waals surface area contributed by atoms with E-state index in [1.165, 1.54) is 6.07 Å². The molecule has 1 amide bonds. The second-order valence-corrected chi connectivity index (χ2v) is 5.74. The number of benzene rings is 1. The number of nitrogens with one attached hydrogen (secondary N) is 1. The maximum atomic E-state index is 12.4. The standard InChI is InChI=1S/C16H22F2N2O2/c1-10-5-6-14(22-16(17)18)12(7-10)9-20-15(21)13-4-2-3-11(13)8-19/h5-7,11,13,16H,2-4,8-9,19H2,1H3,(H,20,21)/t11-,13-/m1/s1. The fraction of sp³-hybridized carbons (Fsp3) is 0.562. The summed E-state index contributed by atoms with van der Waals surface area (Å²) in [6.07, 6.45) is 2.81. The second-order valence-electron chi connectivity index (χ2n) is 5.74. The molecule has 1 aliphatic rings. The van der Waals surface area contributed by atoms with Gasteiger partial charge >= 0.3 is 6.61 Å². The Balaban J connectivity index is 2.01. The van der Waals surface area contributed by atoms with Crippen LogP contribution in [0.25, 0.3) is 0 Å². The topological polar surface area (TPSA) is 64.3 Å². The minimum Gasteiger partial charge on any atom is -0.434 e. The van der Waals surface area contributed by atoms with E-state index >= 15 is 0 Å². The third-order valence-corrected chi connectivity index (χ3v) is 4.18. The number of hydrogen-bond donors (Lipinski definition) is 2. The van der Waals surface area contributed by atoms with Gasteiger partial charge in [-0.3, -0.25) is 4.79 Å². The Hall–Kier alpha value is -1.69. The third kappa shape index (κ3) is 4.16. The van der Waals surface area contributed by atoms with Gasteiger partial charge in [0.05, 0.1) is 0 Å². The van der Waals surface area contributed by atoms with E-state index < -0.39 is 6.61 Å². The highest BCUT2D eigenvalue weighted by atomic mass is 19.3. The minimum absolute atomic E-state index is 0.0579. The summed E-state index contributed by atoms with van der Waals surface area (Å²) >= 11 is 0. The average molecular weight is 312 g/mol. The van der Waals surface area contributed by atoms with Gasteiger partial charge in [-0.2, -0.15) is 8.78 Å². The van der Waals surface area contributed by atoms with Crippen molar-refractivity contribution in [2.24, 2.45) is 17.6 Å². The van der Waals surface area contributed by atoms with Crippen LogP contribution in [-0.4, -0.2) is 19.1 Å². The highest BCUT2D eigenvalue weighted by molar-refractivity contribution is 5.79. The lowest BCUT2D eigenvalue weighted by atomic mass is 9.95. The van der Waals surface area contributed by atoms with Crippen molar-refractivity contribution in [3.05, 3.63) is 29.3 Å². The van der Waals surface area contributed by atoms with Crippen LogP contribution < -0.4 is 15.8 Å². The molecule has 2 rings (SSSR count). The van der Waals surface area contributed by atoms with Crippen LogP contribution in [-0.2, 0) is 11.3 Å². The summed E-state index contributed by atoms with van der Waals surface area (Å²) in [7, 11) is 0. The van der Waals surface area contributed by atoms with Crippen molar-refractivity contribution in [1.29, 1.82) is 0 Å². The first kappa shape index (κ1) is 16.7. The van der Waals surface area contributed by atoms with E-state index in [1.807, 2.05) is 6.92 Å². The number of alkyl halides is 2. The lowest BCUT2D eigenvalue weighted by molar-refractivity contribution is -0.126. The Morgan fingerprint density at radius 2 is 2.23 bits per heavy atom. The van der Waals surface area contributed by atoms with Gasteiger partial charge in [-0.05, 0) is 38.3 Å². The molecule has 3 N–H and O–H groups in total. The first-order chi connectivity index (χ1) is 10.5. The van der Waals surface area contributed by atoms with Crippen LogP contribution in [0.15, 0.2) is 18.2 Å². The zero-order valence-electron chi connectivity index (χ0n) is 12.6. The summed E-state index contributed by atoms with van der Waals surface area (Å²) in [5.74, 6) is 0.184. The Kier molecular flexibility index (Phi) is 5.71. The van der Waals surface area contributed by atoms with E-state index in [0.29, 0.717) is 12.1 Å². The van der Waals surface area contributed by atoms with E-state index in [-0.39, 0.29) is 30.0 Å². The summed E-state index contributed by atoms with van der Waals surface area (Å²) in [6.45, 7) is -0.342. The highest BCUT2D eigenvalue weighted by Crippen LogP contribution is 2.31. The van der Waals surface area contributed by atoms with Gasteiger partial charge in [-0.15, -0.1) is 0 Å². The zero-order valence-corrected chi connectivity index (χ0v) is 12.6. The van der Waals surface area contributed by atoms with Gasteiger partial charge in [0, 0.05) is 18.0 Å². The molecule has 0 aromatic heterocycles. The number of halogens is 2. The smallest absolute Gasteiger partial charge is 0.387 e. The number of aryl methyl sites for hydroxylation is 1. The number of carbonyl (C=O) groups is 1. The predicted molar refractivity (Wildman–Crippen MR) is 79.5 cm³/mol. The van der Waals surface area contributed by atoms with Gasteiger partial charge in [0.15, 0.2) is 0 Å². The van der Waals surface area contributed by atoms with E-state index in [0.717, 1.165) is 24.8 Å². The maximum absolute atomic E-state index is 12.4. The molecule has 1 saturated carbocycles. The zero-order chi connectivity index (χ0) is 16.1. The molecule has 1 aliphatic carbocycles. The van der Waals surface area contributed by atoms with Crippen LogP contribution in [0.3, 0.4) is 0 Å². The van der Waals surface area contributed by atoms with Crippen LogP contribution in [0.1, 0.15) is 30.4 Å². The maximum Gasteiger partial charge on any atom is 0.387 e. The van der Waals surface area contributed by atoms with E-state index in [4.69, 9.17) is 5.73 Å². The number of carbonyl (C=O) groups excluding carboxylic acids is 1. The summed E-state index contributed by atoms with van der Waals surface area (Å²) in [5, 5.41) is 2.83. The normalized spacial score (nSPS) is 21.1. The number of hydrogen-bond acceptors (Lipinski definition) is 3. The summed E-state index contributed by atoms with van der Waals surface area (Å²) in [4.78, 5) is 12.3. The van der Waals surface area contributed by atoms with Gasteiger partial charge in [0.1, 0.15) is 5.75 Å². The summed E-state index contributed by atoms with van der Waals surface area (Å²) < 4.78 is 29.3. The molecule has 1 aromatic rings. The molecule has 0 bridgehead atoms. The van der Waals surface area contributed by atoms with E-state index in [1.54, 1.807) is 12.1 Å². The van der Waals surface area contributed by atoms with Crippen LogP contribution in [0.5, 0.6) is 5.75 Å². The van der Waals surface area contributed by atoms with Crippen LogP contribution in [0.4, 0.5) is 8.78 Å². The molecule has 4 nitrogen and oxygen atoms in total. The predicted octanol–water partition coefficient (Wildman–Crippen LogP) is 2.59. The molecule has 6 heteroatoms. The molecule has 0 saturated heterocycles. The van der Waals surface area contributed by atoms with Gasteiger partial charge in [0.2, 0.25) is 5.91 Å².